The second-order valence-electron chi connectivity index (χ2n) is 6.36. The number of hydrogen-bond acceptors (Lipinski definition) is 5. The van der Waals surface area contributed by atoms with Gasteiger partial charge in [-0.2, -0.15) is 15.3 Å². The van der Waals surface area contributed by atoms with E-state index < -0.39 is 0 Å². The molecule has 0 atom stereocenters. The van der Waals surface area contributed by atoms with Crippen LogP contribution in [0.5, 0.6) is 5.75 Å². The van der Waals surface area contributed by atoms with Gasteiger partial charge in [0.25, 0.3) is 0 Å². The number of hydrogen-bond donors (Lipinski definition) is 1. The molecule has 0 aromatic heterocycles. The van der Waals surface area contributed by atoms with Gasteiger partial charge in [-0.05, 0) is 54.3 Å². The van der Waals surface area contributed by atoms with Crippen LogP contribution in [0.4, 0.5) is 22.7 Å². The molecule has 0 aliphatic heterocycles. The van der Waals surface area contributed by atoms with Crippen LogP contribution >= 0.6 is 0 Å². The van der Waals surface area contributed by atoms with Crippen LogP contribution in [0.3, 0.4) is 0 Å². The number of rotatable bonds is 4. The van der Waals surface area contributed by atoms with E-state index in [1.54, 1.807) is 6.07 Å². The first-order chi connectivity index (χ1) is 13.7. The third-order valence-electron chi connectivity index (χ3n) is 4.38. The van der Waals surface area contributed by atoms with Gasteiger partial charge in [-0.15, -0.1) is 5.11 Å². The molecule has 28 heavy (non-hydrogen) atoms. The molecular formula is C23H18N4O. The zero-order valence-electron chi connectivity index (χ0n) is 15.3. The summed E-state index contributed by atoms with van der Waals surface area (Å²) in [7, 11) is 0. The molecule has 0 radical (unpaired) electrons. The zero-order chi connectivity index (χ0) is 19.3. The highest BCUT2D eigenvalue weighted by atomic mass is 16.3. The summed E-state index contributed by atoms with van der Waals surface area (Å²) in [6, 6.07) is 26.4. The SMILES string of the molecule is Cc1ccccc1N=Nc1ccc(N=Nc2c(O)ccc3ccccc23)cc1. The van der Waals surface area contributed by atoms with Gasteiger partial charge in [0, 0.05) is 5.39 Å². The van der Waals surface area contributed by atoms with E-state index in [2.05, 4.69) is 20.5 Å². The van der Waals surface area contributed by atoms with E-state index in [1.807, 2.05) is 85.8 Å². The predicted octanol–water partition coefficient (Wildman–Crippen LogP) is 7.68. The fourth-order valence-corrected chi connectivity index (χ4v) is 2.83. The van der Waals surface area contributed by atoms with Crippen molar-refractivity contribution in [3.05, 3.63) is 90.5 Å². The topological polar surface area (TPSA) is 69.7 Å². The number of aromatic hydroxyl groups is 1. The Bertz CT molecular complexity index is 1180. The van der Waals surface area contributed by atoms with Crippen LogP contribution in [0.2, 0.25) is 0 Å². The normalized spacial score (nSPS) is 11.6. The van der Waals surface area contributed by atoms with Crippen LogP contribution in [0.15, 0.2) is 105 Å². The molecule has 0 fully saturated rings. The van der Waals surface area contributed by atoms with Crippen molar-refractivity contribution >= 4 is 33.5 Å². The van der Waals surface area contributed by atoms with Crippen LogP contribution < -0.4 is 0 Å². The van der Waals surface area contributed by atoms with Gasteiger partial charge in [-0.3, -0.25) is 0 Å². The second kappa shape index (κ2) is 7.80. The highest BCUT2D eigenvalue weighted by Gasteiger charge is 2.05. The number of phenols is 1. The minimum absolute atomic E-state index is 0.103. The molecule has 0 aliphatic carbocycles. The first kappa shape index (κ1) is 17.5. The quantitative estimate of drug-likeness (QED) is 0.370. The zero-order valence-corrected chi connectivity index (χ0v) is 15.3. The molecule has 136 valence electrons. The lowest BCUT2D eigenvalue weighted by atomic mass is 10.1. The Morgan fingerprint density at radius 3 is 2.00 bits per heavy atom. The molecular weight excluding hydrogens is 348 g/mol. The molecule has 1 N–H and O–H groups in total. The van der Waals surface area contributed by atoms with Gasteiger partial charge in [0.1, 0.15) is 11.4 Å². The molecule has 0 saturated carbocycles. The van der Waals surface area contributed by atoms with E-state index in [0.29, 0.717) is 11.4 Å². The third kappa shape index (κ3) is 3.78. The van der Waals surface area contributed by atoms with Crippen molar-refractivity contribution in [1.29, 1.82) is 0 Å². The smallest absolute Gasteiger partial charge is 0.143 e. The van der Waals surface area contributed by atoms with Gasteiger partial charge in [0.15, 0.2) is 0 Å². The number of aryl methyl sites for hydroxylation is 1. The Kier molecular flexibility index (Phi) is 4.89. The maximum Gasteiger partial charge on any atom is 0.143 e. The Morgan fingerprint density at radius 1 is 0.607 bits per heavy atom. The lowest BCUT2D eigenvalue weighted by molar-refractivity contribution is 0.477. The lowest BCUT2D eigenvalue weighted by Gasteiger charge is -2.03. The van der Waals surface area contributed by atoms with E-state index >= 15 is 0 Å². The molecule has 4 rings (SSSR count). The summed E-state index contributed by atoms with van der Waals surface area (Å²) >= 11 is 0. The van der Waals surface area contributed by atoms with Gasteiger partial charge >= 0.3 is 0 Å². The summed E-state index contributed by atoms with van der Waals surface area (Å²) in [5.74, 6) is 0.103. The predicted molar refractivity (Wildman–Crippen MR) is 112 cm³/mol. The number of azo groups is 2. The largest absolute Gasteiger partial charge is 0.506 e. The van der Waals surface area contributed by atoms with Crippen LogP contribution in [0.1, 0.15) is 5.56 Å². The number of fused-ring (bicyclic) bond motifs is 1. The van der Waals surface area contributed by atoms with Crippen molar-refractivity contribution in [2.75, 3.05) is 0 Å². The molecule has 0 amide bonds. The molecule has 5 nitrogen and oxygen atoms in total. The van der Waals surface area contributed by atoms with E-state index in [9.17, 15) is 5.11 Å². The van der Waals surface area contributed by atoms with Crippen LogP contribution in [-0.2, 0) is 0 Å². The first-order valence-corrected chi connectivity index (χ1v) is 8.90. The molecule has 0 spiro atoms. The Balaban J connectivity index is 1.56. The van der Waals surface area contributed by atoms with Crippen molar-refractivity contribution in [3.63, 3.8) is 0 Å². The Morgan fingerprint density at radius 2 is 1.25 bits per heavy atom. The highest BCUT2D eigenvalue weighted by molar-refractivity contribution is 5.95. The maximum absolute atomic E-state index is 10.2. The van der Waals surface area contributed by atoms with Gasteiger partial charge in [0.05, 0.1) is 17.1 Å². The lowest BCUT2D eigenvalue weighted by Crippen LogP contribution is -1.74. The van der Waals surface area contributed by atoms with E-state index in [0.717, 1.165) is 27.7 Å². The Hall–Kier alpha value is -3.86. The molecule has 0 saturated heterocycles. The fourth-order valence-electron chi connectivity index (χ4n) is 2.83. The van der Waals surface area contributed by atoms with Crippen molar-refractivity contribution in [2.24, 2.45) is 20.5 Å². The van der Waals surface area contributed by atoms with Crippen molar-refractivity contribution in [3.8, 4) is 5.75 Å². The first-order valence-electron chi connectivity index (χ1n) is 8.90. The van der Waals surface area contributed by atoms with Gasteiger partial charge in [-0.25, -0.2) is 0 Å². The van der Waals surface area contributed by atoms with Gasteiger partial charge in [-0.1, -0.05) is 48.5 Å². The summed E-state index contributed by atoms with van der Waals surface area (Å²) < 4.78 is 0. The van der Waals surface area contributed by atoms with E-state index in [1.165, 1.54) is 0 Å². The third-order valence-corrected chi connectivity index (χ3v) is 4.38. The van der Waals surface area contributed by atoms with Crippen LogP contribution in [-0.4, -0.2) is 5.11 Å². The summed E-state index contributed by atoms with van der Waals surface area (Å²) in [5.41, 5.74) is 3.78. The Labute approximate surface area is 162 Å². The average molecular weight is 366 g/mol. The maximum atomic E-state index is 10.2. The summed E-state index contributed by atoms with van der Waals surface area (Å²) in [5, 5.41) is 29.1. The molecule has 0 unspecified atom stereocenters. The molecule has 0 aliphatic rings. The molecule has 4 aromatic rings. The summed E-state index contributed by atoms with van der Waals surface area (Å²) in [6.45, 7) is 2.00. The molecule has 0 heterocycles. The molecule has 0 bridgehead atoms. The minimum Gasteiger partial charge on any atom is -0.506 e. The average Bonchev–Trinajstić information content (AvgIpc) is 2.73. The van der Waals surface area contributed by atoms with Gasteiger partial charge in [0.2, 0.25) is 0 Å². The van der Waals surface area contributed by atoms with Crippen molar-refractivity contribution in [1.82, 2.24) is 0 Å². The van der Waals surface area contributed by atoms with Crippen LogP contribution in [0, 0.1) is 6.92 Å². The molecule has 5 heteroatoms. The number of phenolic OH excluding ortho intramolecular Hbond substituents is 1. The minimum atomic E-state index is 0.103. The number of benzene rings is 4. The van der Waals surface area contributed by atoms with Crippen LogP contribution in [0.25, 0.3) is 10.8 Å². The molecule has 4 aromatic carbocycles. The van der Waals surface area contributed by atoms with Gasteiger partial charge < -0.3 is 5.11 Å². The standard InChI is InChI=1S/C23H18N4O/c1-16-6-2-5-9-21(16)26-24-18-11-13-19(14-12-18)25-27-23-20-8-4-3-7-17(20)10-15-22(23)28/h2-15,28H,1H3. The van der Waals surface area contributed by atoms with E-state index in [-0.39, 0.29) is 5.75 Å². The van der Waals surface area contributed by atoms with Crippen molar-refractivity contribution < 1.29 is 5.11 Å². The summed E-state index contributed by atoms with van der Waals surface area (Å²) in [6.07, 6.45) is 0. The van der Waals surface area contributed by atoms with E-state index in [4.69, 9.17) is 0 Å². The highest BCUT2D eigenvalue weighted by Crippen LogP contribution is 2.36. The summed E-state index contributed by atoms with van der Waals surface area (Å²) in [4.78, 5) is 0. The second-order valence-corrected chi connectivity index (χ2v) is 6.36. The van der Waals surface area contributed by atoms with Crippen molar-refractivity contribution in [2.45, 2.75) is 6.92 Å². The monoisotopic (exact) mass is 366 g/mol. The number of nitrogens with zero attached hydrogens (tertiary/aromatic N) is 4. The fraction of sp³-hybridized carbons (Fsp3) is 0.0435.